The van der Waals surface area contributed by atoms with Crippen molar-refractivity contribution >= 4 is 15.9 Å². The molecule has 1 N–H and O–H groups in total. The molecule has 0 bridgehead atoms. The number of halogens is 2. The lowest BCUT2D eigenvalue weighted by molar-refractivity contribution is 0.608. The fourth-order valence-electron chi connectivity index (χ4n) is 1.99. The van der Waals surface area contributed by atoms with E-state index in [9.17, 15) is 4.39 Å². The van der Waals surface area contributed by atoms with Crippen molar-refractivity contribution in [3.05, 3.63) is 58.3 Å². The maximum atomic E-state index is 13.8. The zero-order chi connectivity index (χ0) is 13.8. The summed E-state index contributed by atoms with van der Waals surface area (Å²) >= 11 is 3.38. The Morgan fingerprint density at radius 1 is 1.16 bits per heavy atom. The van der Waals surface area contributed by atoms with Gasteiger partial charge in [0.1, 0.15) is 5.82 Å². The Bertz CT molecular complexity index is 551. The summed E-state index contributed by atoms with van der Waals surface area (Å²) in [5, 5.41) is 3.21. The van der Waals surface area contributed by atoms with Crippen molar-refractivity contribution in [1.29, 1.82) is 0 Å². The molecule has 0 aromatic heterocycles. The average Bonchev–Trinajstić information content (AvgIpc) is 2.42. The first-order chi connectivity index (χ1) is 9.10. The number of hydrogen-bond acceptors (Lipinski definition) is 1. The fourth-order valence-corrected chi connectivity index (χ4v) is 2.36. The zero-order valence-electron chi connectivity index (χ0n) is 11.1. The highest BCUT2D eigenvalue weighted by Gasteiger charge is 2.06. The first-order valence-electron chi connectivity index (χ1n) is 6.32. The van der Waals surface area contributed by atoms with Gasteiger partial charge in [0.05, 0.1) is 0 Å². The second-order valence-electron chi connectivity index (χ2n) is 4.71. The van der Waals surface area contributed by atoms with Crippen LogP contribution < -0.4 is 5.32 Å². The molecule has 0 radical (unpaired) electrons. The topological polar surface area (TPSA) is 12.0 Å². The monoisotopic (exact) mass is 321 g/mol. The van der Waals surface area contributed by atoms with E-state index < -0.39 is 0 Å². The Morgan fingerprint density at radius 2 is 1.84 bits per heavy atom. The van der Waals surface area contributed by atoms with Gasteiger partial charge in [-0.15, -0.1) is 0 Å². The average molecular weight is 322 g/mol. The largest absolute Gasteiger partial charge is 0.317 e. The van der Waals surface area contributed by atoms with Crippen LogP contribution in [0, 0.1) is 5.82 Å². The van der Waals surface area contributed by atoms with Gasteiger partial charge in [0, 0.05) is 16.1 Å². The molecule has 2 aromatic rings. The van der Waals surface area contributed by atoms with Gasteiger partial charge in [-0.2, -0.15) is 0 Å². The van der Waals surface area contributed by atoms with Crippen LogP contribution in [0.25, 0.3) is 11.1 Å². The Kier molecular flexibility index (Phi) is 4.72. The predicted octanol–water partition coefficient (Wildman–Crippen LogP) is 4.41. The molecule has 2 rings (SSSR count). The molecule has 1 atom stereocenters. The molecule has 0 saturated heterocycles. The molecule has 1 unspecified atom stereocenters. The molecular formula is C16H17BrFN. The van der Waals surface area contributed by atoms with Crippen LogP contribution in [0.4, 0.5) is 4.39 Å². The maximum absolute atomic E-state index is 13.8. The van der Waals surface area contributed by atoms with Gasteiger partial charge in [-0.3, -0.25) is 0 Å². The van der Waals surface area contributed by atoms with Crippen molar-refractivity contribution in [3.8, 4) is 11.1 Å². The molecule has 0 heterocycles. The Hall–Kier alpha value is -1.19. The van der Waals surface area contributed by atoms with Crippen LogP contribution in [-0.4, -0.2) is 13.1 Å². The molecular weight excluding hydrogens is 305 g/mol. The summed E-state index contributed by atoms with van der Waals surface area (Å²) in [6, 6.07) is 13.5. The van der Waals surface area contributed by atoms with Gasteiger partial charge in [0.2, 0.25) is 0 Å². The van der Waals surface area contributed by atoms with E-state index >= 15 is 0 Å². The molecule has 0 amide bonds. The third kappa shape index (κ3) is 3.64. The Balaban J connectivity index is 2.25. The third-order valence-corrected chi connectivity index (χ3v) is 3.72. The molecule has 2 aromatic carbocycles. The summed E-state index contributed by atoms with van der Waals surface area (Å²) in [4.78, 5) is 0. The normalized spacial score (nSPS) is 12.4. The number of nitrogens with one attached hydrogen (secondary N) is 1. The smallest absolute Gasteiger partial charge is 0.131 e. The fraction of sp³-hybridized carbons (Fsp3) is 0.250. The van der Waals surface area contributed by atoms with E-state index in [1.807, 2.05) is 19.2 Å². The number of rotatable bonds is 4. The molecule has 0 aliphatic carbocycles. The van der Waals surface area contributed by atoms with Crippen molar-refractivity contribution < 1.29 is 4.39 Å². The second kappa shape index (κ2) is 6.31. The first kappa shape index (κ1) is 14.2. The highest BCUT2D eigenvalue weighted by molar-refractivity contribution is 9.10. The lowest BCUT2D eigenvalue weighted by Crippen LogP contribution is -2.23. The van der Waals surface area contributed by atoms with Gasteiger partial charge in [-0.05, 0) is 49.7 Å². The van der Waals surface area contributed by atoms with Crippen molar-refractivity contribution in [1.82, 2.24) is 5.32 Å². The molecule has 3 heteroatoms. The molecule has 0 fully saturated rings. The molecule has 100 valence electrons. The van der Waals surface area contributed by atoms with E-state index in [0.717, 1.165) is 16.5 Å². The minimum atomic E-state index is -0.195. The highest BCUT2D eigenvalue weighted by atomic mass is 79.9. The third-order valence-electron chi connectivity index (χ3n) is 3.23. The van der Waals surface area contributed by atoms with Crippen LogP contribution in [0.3, 0.4) is 0 Å². The zero-order valence-corrected chi connectivity index (χ0v) is 12.7. The number of likely N-dealkylation sites (N-methyl/N-ethyl adjacent to an activating group) is 1. The minimum Gasteiger partial charge on any atom is -0.317 e. The second-order valence-corrected chi connectivity index (χ2v) is 5.63. The molecule has 19 heavy (non-hydrogen) atoms. The van der Waals surface area contributed by atoms with Crippen molar-refractivity contribution in [2.24, 2.45) is 0 Å². The lowest BCUT2D eigenvalue weighted by atomic mass is 10.0. The van der Waals surface area contributed by atoms with Gasteiger partial charge < -0.3 is 5.32 Å². The van der Waals surface area contributed by atoms with Crippen LogP contribution in [-0.2, 0) is 6.42 Å². The van der Waals surface area contributed by atoms with Gasteiger partial charge in [-0.25, -0.2) is 4.39 Å². The first-order valence-corrected chi connectivity index (χ1v) is 7.11. The van der Waals surface area contributed by atoms with Gasteiger partial charge >= 0.3 is 0 Å². The molecule has 1 nitrogen and oxygen atoms in total. The summed E-state index contributed by atoms with van der Waals surface area (Å²) in [5.74, 6) is -0.195. The summed E-state index contributed by atoms with van der Waals surface area (Å²) in [7, 11) is 1.95. The summed E-state index contributed by atoms with van der Waals surface area (Å²) in [6.07, 6.45) is 0.970. The van der Waals surface area contributed by atoms with E-state index in [1.165, 1.54) is 11.6 Å². The summed E-state index contributed by atoms with van der Waals surface area (Å²) < 4.78 is 14.7. The van der Waals surface area contributed by atoms with Crippen molar-refractivity contribution in [2.75, 3.05) is 7.05 Å². The molecule has 0 aliphatic rings. The summed E-state index contributed by atoms with van der Waals surface area (Å²) in [6.45, 7) is 2.14. The van der Waals surface area contributed by atoms with E-state index in [-0.39, 0.29) is 5.82 Å². The van der Waals surface area contributed by atoms with Crippen molar-refractivity contribution in [3.63, 3.8) is 0 Å². The standard InChI is InChI=1S/C16H17BrFN/c1-11(19-2)9-12-3-5-13(6-4-12)15-10-14(17)7-8-16(15)18/h3-8,10-11,19H,9H2,1-2H3. The van der Waals surface area contributed by atoms with Crippen LogP contribution >= 0.6 is 15.9 Å². The molecule has 0 aliphatic heterocycles. The quantitative estimate of drug-likeness (QED) is 0.879. The van der Waals surface area contributed by atoms with Gasteiger partial charge in [-0.1, -0.05) is 40.2 Å². The van der Waals surface area contributed by atoms with Crippen LogP contribution in [0.15, 0.2) is 46.9 Å². The van der Waals surface area contributed by atoms with E-state index in [1.54, 1.807) is 12.1 Å². The predicted molar refractivity (Wildman–Crippen MR) is 81.8 cm³/mol. The number of hydrogen-bond donors (Lipinski definition) is 1. The van der Waals surface area contributed by atoms with E-state index in [0.29, 0.717) is 11.6 Å². The summed E-state index contributed by atoms with van der Waals surface area (Å²) in [5.41, 5.74) is 2.78. The molecule has 0 saturated carbocycles. The van der Waals surface area contributed by atoms with Crippen LogP contribution in [0.1, 0.15) is 12.5 Å². The van der Waals surface area contributed by atoms with E-state index in [2.05, 4.69) is 40.3 Å². The Labute approximate surface area is 122 Å². The van der Waals surface area contributed by atoms with E-state index in [4.69, 9.17) is 0 Å². The maximum Gasteiger partial charge on any atom is 0.131 e. The minimum absolute atomic E-state index is 0.195. The van der Waals surface area contributed by atoms with Crippen molar-refractivity contribution in [2.45, 2.75) is 19.4 Å². The molecule has 0 spiro atoms. The van der Waals surface area contributed by atoms with Crippen LogP contribution in [0.2, 0.25) is 0 Å². The van der Waals surface area contributed by atoms with Gasteiger partial charge in [0.15, 0.2) is 0 Å². The Morgan fingerprint density at radius 3 is 2.47 bits per heavy atom. The highest BCUT2D eigenvalue weighted by Crippen LogP contribution is 2.26. The van der Waals surface area contributed by atoms with Crippen LogP contribution in [0.5, 0.6) is 0 Å². The lowest BCUT2D eigenvalue weighted by Gasteiger charge is -2.11. The van der Waals surface area contributed by atoms with Gasteiger partial charge in [0.25, 0.3) is 0 Å². The SMILES string of the molecule is CNC(C)Cc1ccc(-c2cc(Br)ccc2F)cc1. The number of benzene rings is 2.